The highest BCUT2D eigenvalue weighted by Gasteiger charge is 2.14. The van der Waals surface area contributed by atoms with Gasteiger partial charge in [-0.25, -0.2) is 4.98 Å². The summed E-state index contributed by atoms with van der Waals surface area (Å²) in [6, 6.07) is 10.9. The average molecular weight is 420 g/mol. The molecule has 4 nitrogen and oxygen atoms in total. The van der Waals surface area contributed by atoms with Gasteiger partial charge in [0.15, 0.2) is 0 Å². The molecule has 4 rings (SSSR count). The largest absolute Gasteiger partial charge is 0.378 e. The standard InChI is InChI=1S/C23H21N3OS2/c1-17-14-19(22(16-24)23-25-8-13-28-23)15-21(29-17)7-4-18-2-5-20(6-3-18)26-9-11-27-12-10-26/h2-8,13-15H,9-12H2,1H3/b7-4?,22-19+. The molecule has 0 N–H and O–H groups in total. The summed E-state index contributed by atoms with van der Waals surface area (Å²) in [6.45, 7) is 5.54. The van der Waals surface area contributed by atoms with Gasteiger partial charge < -0.3 is 9.64 Å². The molecule has 0 saturated carbocycles. The Bertz CT molecular complexity index is 1020. The van der Waals surface area contributed by atoms with Crippen molar-refractivity contribution in [1.82, 2.24) is 4.98 Å². The molecule has 1 fully saturated rings. The van der Waals surface area contributed by atoms with Crippen molar-refractivity contribution in [2.45, 2.75) is 6.92 Å². The Hall–Kier alpha value is -2.59. The van der Waals surface area contributed by atoms with E-state index in [-0.39, 0.29) is 0 Å². The van der Waals surface area contributed by atoms with Crippen molar-refractivity contribution >= 4 is 40.4 Å². The van der Waals surface area contributed by atoms with E-state index < -0.39 is 0 Å². The van der Waals surface area contributed by atoms with Crippen LogP contribution < -0.4 is 4.90 Å². The number of benzene rings is 1. The predicted molar refractivity (Wildman–Crippen MR) is 123 cm³/mol. The van der Waals surface area contributed by atoms with Gasteiger partial charge in [-0.15, -0.1) is 11.3 Å². The minimum atomic E-state index is 0.625. The number of hydrogen-bond donors (Lipinski definition) is 0. The van der Waals surface area contributed by atoms with Crippen LogP contribution in [-0.2, 0) is 4.74 Å². The van der Waals surface area contributed by atoms with Crippen molar-refractivity contribution in [3.63, 3.8) is 0 Å². The Balaban J connectivity index is 1.53. The highest BCUT2D eigenvalue weighted by Crippen LogP contribution is 2.36. The summed E-state index contributed by atoms with van der Waals surface area (Å²) >= 11 is 3.20. The average Bonchev–Trinajstić information content (AvgIpc) is 3.28. The van der Waals surface area contributed by atoms with E-state index in [4.69, 9.17) is 4.74 Å². The fourth-order valence-electron chi connectivity index (χ4n) is 3.26. The molecule has 1 saturated heterocycles. The van der Waals surface area contributed by atoms with Gasteiger partial charge in [-0.1, -0.05) is 30.0 Å². The van der Waals surface area contributed by atoms with Gasteiger partial charge in [0.25, 0.3) is 0 Å². The Morgan fingerprint density at radius 1 is 1.17 bits per heavy atom. The molecule has 2 aromatic rings. The first-order chi connectivity index (χ1) is 14.2. The van der Waals surface area contributed by atoms with Crippen molar-refractivity contribution in [3.05, 3.63) is 80.0 Å². The third-order valence-electron chi connectivity index (χ3n) is 4.69. The van der Waals surface area contributed by atoms with Crippen molar-refractivity contribution in [2.24, 2.45) is 0 Å². The lowest BCUT2D eigenvalue weighted by molar-refractivity contribution is 0.122. The van der Waals surface area contributed by atoms with Crippen LogP contribution >= 0.6 is 23.1 Å². The molecule has 29 heavy (non-hydrogen) atoms. The van der Waals surface area contributed by atoms with E-state index in [9.17, 15) is 5.26 Å². The van der Waals surface area contributed by atoms with Gasteiger partial charge in [0.2, 0.25) is 0 Å². The Labute approximate surface area is 179 Å². The molecule has 0 amide bonds. The number of rotatable bonds is 4. The lowest BCUT2D eigenvalue weighted by Gasteiger charge is -2.28. The normalized spacial score (nSPS) is 19.0. The predicted octanol–water partition coefficient (Wildman–Crippen LogP) is 5.50. The number of hydrogen-bond acceptors (Lipinski definition) is 6. The first-order valence-corrected chi connectivity index (χ1v) is 11.2. The Morgan fingerprint density at radius 2 is 1.97 bits per heavy atom. The van der Waals surface area contributed by atoms with Gasteiger partial charge in [0.05, 0.1) is 18.8 Å². The molecule has 0 unspecified atom stereocenters. The molecule has 0 radical (unpaired) electrons. The molecular formula is C23H21N3OS2. The van der Waals surface area contributed by atoms with Gasteiger partial charge >= 0.3 is 0 Å². The van der Waals surface area contributed by atoms with Gasteiger partial charge in [-0.3, -0.25) is 0 Å². The van der Waals surface area contributed by atoms with Crippen LogP contribution in [0.15, 0.2) is 69.5 Å². The van der Waals surface area contributed by atoms with E-state index in [0.29, 0.717) is 5.57 Å². The maximum Gasteiger partial charge on any atom is 0.134 e. The third-order valence-corrected chi connectivity index (χ3v) is 6.41. The summed E-state index contributed by atoms with van der Waals surface area (Å²) in [5.74, 6) is 0. The van der Waals surface area contributed by atoms with E-state index in [1.54, 1.807) is 18.0 Å². The van der Waals surface area contributed by atoms with Crippen LogP contribution in [0.5, 0.6) is 0 Å². The first-order valence-electron chi connectivity index (χ1n) is 9.46. The number of thioether (sulfide) groups is 1. The molecule has 2 aliphatic rings. The molecule has 3 heterocycles. The van der Waals surface area contributed by atoms with Crippen molar-refractivity contribution in [1.29, 1.82) is 5.26 Å². The maximum atomic E-state index is 9.63. The Kier molecular flexibility index (Phi) is 6.30. The second kappa shape index (κ2) is 9.27. The van der Waals surface area contributed by atoms with E-state index >= 15 is 0 Å². The zero-order valence-corrected chi connectivity index (χ0v) is 17.8. The molecule has 0 atom stereocenters. The number of nitrogens with zero attached hydrogens (tertiary/aromatic N) is 3. The molecule has 0 bridgehead atoms. The van der Waals surface area contributed by atoms with E-state index in [2.05, 4.69) is 71.4 Å². The summed E-state index contributed by atoms with van der Waals surface area (Å²) in [6.07, 6.45) is 10.1. The van der Waals surface area contributed by atoms with Gasteiger partial charge in [-0.05, 0) is 53.3 Å². The SMILES string of the molecule is CC1=C/C(=C(/C#N)c2nccs2)C=C(C=Cc2ccc(N3CCOCC3)cc2)S1. The van der Waals surface area contributed by atoms with Crippen molar-refractivity contribution < 1.29 is 4.74 Å². The molecule has 0 aliphatic carbocycles. The highest BCUT2D eigenvalue weighted by atomic mass is 32.2. The van der Waals surface area contributed by atoms with Crippen LogP contribution in [-0.4, -0.2) is 31.3 Å². The summed E-state index contributed by atoms with van der Waals surface area (Å²) in [7, 11) is 0. The minimum Gasteiger partial charge on any atom is -0.378 e. The minimum absolute atomic E-state index is 0.625. The summed E-state index contributed by atoms with van der Waals surface area (Å²) in [5, 5.41) is 12.3. The number of aromatic nitrogens is 1. The van der Waals surface area contributed by atoms with Crippen LogP contribution in [0.1, 0.15) is 17.5 Å². The molecule has 2 aliphatic heterocycles. The Morgan fingerprint density at radius 3 is 2.66 bits per heavy atom. The lowest BCUT2D eigenvalue weighted by Crippen LogP contribution is -2.36. The molecule has 1 aromatic heterocycles. The third kappa shape index (κ3) is 4.88. The van der Waals surface area contributed by atoms with Gasteiger partial charge in [0, 0.05) is 35.3 Å². The fourth-order valence-corrected chi connectivity index (χ4v) is 4.80. The van der Waals surface area contributed by atoms with Crippen LogP contribution in [0.3, 0.4) is 0 Å². The molecule has 6 heteroatoms. The van der Waals surface area contributed by atoms with E-state index in [0.717, 1.165) is 52.3 Å². The summed E-state index contributed by atoms with van der Waals surface area (Å²) in [4.78, 5) is 8.92. The molecule has 0 spiro atoms. The van der Waals surface area contributed by atoms with Crippen LogP contribution in [0.4, 0.5) is 5.69 Å². The topological polar surface area (TPSA) is 49.2 Å². The quantitative estimate of drug-likeness (QED) is 0.612. The first kappa shape index (κ1) is 19.7. The zero-order valence-electron chi connectivity index (χ0n) is 16.2. The zero-order chi connectivity index (χ0) is 20.1. The summed E-state index contributed by atoms with van der Waals surface area (Å²) < 4.78 is 5.42. The maximum absolute atomic E-state index is 9.63. The summed E-state index contributed by atoms with van der Waals surface area (Å²) in [5.41, 5.74) is 3.94. The molecule has 146 valence electrons. The highest BCUT2D eigenvalue weighted by molar-refractivity contribution is 8.06. The van der Waals surface area contributed by atoms with Gasteiger partial charge in [0.1, 0.15) is 11.1 Å². The number of morpholine rings is 1. The van der Waals surface area contributed by atoms with Crippen LogP contribution in [0, 0.1) is 11.3 Å². The van der Waals surface area contributed by atoms with Crippen LogP contribution in [0.2, 0.25) is 0 Å². The van der Waals surface area contributed by atoms with Crippen molar-refractivity contribution in [2.75, 3.05) is 31.2 Å². The smallest absolute Gasteiger partial charge is 0.134 e. The number of ether oxygens (including phenoxy) is 1. The van der Waals surface area contributed by atoms with E-state index in [1.807, 2.05) is 5.38 Å². The van der Waals surface area contributed by atoms with Gasteiger partial charge in [-0.2, -0.15) is 5.26 Å². The van der Waals surface area contributed by atoms with Crippen LogP contribution in [0.25, 0.3) is 11.6 Å². The monoisotopic (exact) mass is 419 g/mol. The number of thiazole rings is 1. The van der Waals surface area contributed by atoms with E-state index in [1.165, 1.54) is 17.0 Å². The number of anilines is 1. The molecule has 1 aromatic carbocycles. The van der Waals surface area contributed by atoms with Crippen molar-refractivity contribution in [3.8, 4) is 6.07 Å². The fraction of sp³-hybridized carbons (Fsp3) is 0.217. The number of nitriles is 1. The second-order valence-corrected chi connectivity index (χ2v) is 8.92. The molecular weight excluding hydrogens is 398 g/mol. The second-order valence-electron chi connectivity index (χ2n) is 6.71. The number of allylic oxidation sites excluding steroid dienone is 6. The lowest BCUT2D eigenvalue weighted by atomic mass is 10.1.